The molecule has 7 nitrogen and oxygen atoms in total. The molecule has 0 spiro atoms. The maximum absolute atomic E-state index is 13.5. The van der Waals surface area contributed by atoms with Crippen molar-refractivity contribution in [3.8, 4) is 23.0 Å². The van der Waals surface area contributed by atoms with Crippen LogP contribution in [0.15, 0.2) is 95.5 Å². The summed E-state index contributed by atoms with van der Waals surface area (Å²) in [6, 6.07) is 25.5. The fourth-order valence-electron chi connectivity index (χ4n) is 5.39. The van der Waals surface area contributed by atoms with E-state index in [2.05, 4.69) is 15.9 Å². The number of hydrogen-bond donors (Lipinski definition) is 3. The molecule has 4 aromatic carbocycles. The molecule has 0 amide bonds. The Hall–Kier alpha value is -4.05. The number of halogens is 1. The van der Waals surface area contributed by atoms with Crippen LogP contribution in [0.3, 0.4) is 0 Å². The Morgan fingerprint density at radius 3 is 2.07 bits per heavy atom. The van der Waals surface area contributed by atoms with Crippen LogP contribution < -0.4 is 4.18 Å². The Morgan fingerprint density at radius 2 is 1.39 bits per heavy atom. The smallest absolute Gasteiger partial charge is 0.315 e. The summed E-state index contributed by atoms with van der Waals surface area (Å²) >= 11 is 3.35. The lowest BCUT2D eigenvalue weighted by Gasteiger charge is -2.24. The largest absolute Gasteiger partial charge is 0.508 e. The van der Waals surface area contributed by atoms with Gasteiger partial charge in [-0.2, -0.15) is 8.42 Å². The van der Waals surface area contributed by atoms with Gasteiger partial charge < -0.3 is 24.2 Å². The highest BCUT2D eigenvalue weighted by molar-refractivity contribution is 9.10. The van der Waals surface area contributed by atoms with Crippen molar-refractivity contribution in [1.29, 1.82) is 0 Å². The van der Waals surface area contributed by atoms with Crippen molar-refractivity contribution in [3.63, 3.8) is 0 Å². The van der Waals surface area contributed by atoms with Gasteiger partial charge in [0.25, 0.3) is 0 Å². The Bertz CT molecular complexity index is 1760. The lowest BCUT2D eigenvalue weighted by atomic mass is 9.83. The standard InChI is InChI=1S/C32H25BrO7S/c33-23-2-1-3-27(16-23)40-41(37,38)29-18-28-30(21-10-12-24(34)13-11-21)31(32(29)39-28)22-8-6-19(7-9-22)4-5-20-14-25(35)17-26(36)15-20/h1-17,28-29,32,34-36H,18H2/b5-4+. The lowest BCUT2D eigenvalue weighted by molar-refractivity contribution is 0.128. The van der Waals surface area contributed by atoms with Crippen molar-refractivity contribution >= 4 is 49.3 Å². The van der Waals surface area contributed by atoms with Crippen LogP contribution in [-0.2, 0) is 14.9 Å². The molecule has 1 fully saturated rings. The van der Waals surface area contributed by atoms with E-state index in [4.69, 9.17) is 8.92 Å². The minimum atomic E-state index is -4.04. The monoisotopic (exact) mass is 632 g/mol. The van der Waals surface area contributed by atoms with E-state index in [0.717, 1.165) is 27.8 Å². The van der Waals surface area contributed by atoms with Gasteiger partial charge in [0.1, 0.15) is 34.4 Å². The van der Waals surface area contributed by atoms with E-state index in [1.54, 1.807) is 66.7 Å². The summed E-state index contributed by atoms with van der Waals surface area (Å²) in [5.74, 6) is 0.304. The fraction of sp³-hybridized carbons (Fsp3) is 0.125. The van der Waals surface area contributed by atoms with Gasteiger partial charge in [0, 0.05) is 17.0 Å². The summed E-state index contributed by atoms with van der Waals surface area (Å²) in [6.45, 7) is 0. The van der Waals surface area contributed by atoms with E-state index in [1.807, 2.05) is 30.3 Å². The van der Waals surface area contributed by atoms with Crippen molar-refractivity contribution in [1.82, 2.24) is 0 Å². The molecule has 0 radical (unpaired) electrons. The predicted molar refractivity (Wildman–Crippen MR) is 161 cm³/mol. The van der Waals surface area contributed by atoms with Gasteiger partial charge >= 0.3 is 10.1 Å². The zero-order valence-corrected chi connectivity index (χ0v) is 23.9. The van der Waals surface area contributed by atoms with Crippen LogP contribution in [0.1, 0.15) is 28.7 Å². The third-order valence-corrected chi connectivity index (χ3v) is 9.26. The number of phenols is 3. The Labute approximate surface area is 245 Å². The summed E-state index contributed by atoms with van der Waals surface area (Å²) in [5, 5.41) is 28.4. The highest BCUT2D eigenvalue weighted by atomic mass is 79.9. The molecule has 0 saturated carbocycles. The van der Waals surface area contributed by atoms with E-state index in [1.165, 1.54) is 6.07 Å². The van der Waals surface area contributed by atoms with Gasteiger partial charge in [-0.3, -0.25) is 0 Å². The highest BCUT2D eigenvalue weighted by Crippen LogP contribution is 2.51. The summed E-state index contributed by atoms with van der Waals surface area (Å²) < 4.78 is 39.5. The molecule has 4 aromatic rings. The summed E-state index contributed by atoms with van der Waals surface area (Å²) in [7, 11) is -4.04. The van der Waals surface area contributed by atoms with Crippen LogP contribution >= 0.6 is 15.9 Å². The minimum absolute atomic E-state index is 0.0293. The van der Waals surface area contributed by atoms with Crippen LogP contribution in [0.2, 0.25) is 0 Å². The summed E-state index contributed by atoms with van der Waals surface area (Å²) in [6.07, 6.45) is 2.68. The first-order chi connectivity index (χ1) is 19.7. The first-order valence-corrected chi connectivity index (χ1v) is 15.1. The summed E-state index contributed by atoms with van der Waals surface area (Å²) in [5.41, 5.74) is 4.84. The SMILES string of the molecule is O=S(=O)(Oc1cccc(Br)c1)C1CC2OC1C(c1ccc(/C=C/c3cc(O)cc(O)c3)cc1)=C2c1ccc(O)cc1. The molecule has 1 saturated heterocycles. The van der Waals surface area contributed by atoms with Crippen molar-refractivity contribution in [2.24, 2.45) is 0 Å². The molecule has 2 aliphatic heterocycles. The Balaban J connectivity index is 1.34. The van der Waals surface area contributed by atoms with Crippen molar-refractivity contribution in [3.05, 3.63) is 118 Å². The number of hydrogen-bond acceptors (Lipinski definition) is 7. The third-order valence-electron chi connectivity index (χ3n) is 7.16. The molecule has 2 bridgehead atoms. The summed E-state index contributed by atoms with van der Waals surface area (Å²) in [4.78, 5) is 0. The first kappa shape index (κ1) is 27.1. The van der Waals surface area contributed by atoms with E-state index < -0.39 is 27.6 Å². The molecule has 3 N–H and O–H groups in total. The molecule has 9 heteroatoms. The van der Waals surface area contributed by atoms with Crippen molar-refractivity contribution in [2.45, 2.75) is 23.9 Å². The number of rotatable bonds is 7. The molecular formula is C32H25BrO7S. The topological polar surface area (TPSA) is 113 Å². The van der Waals surface area contributed by atoms with E-state index in [9.17, 15) is 23.7 Å². The van der Waals surface area contributed by atoms with E-state index >= 15 is 0 Å². The van der Waals surface area contributed by atoms with Crippen LogP contribution in [-0.4, -0.2) is 41.2 Å². The maximum atomic E-state index is 13.5. The van der Waals surface area contributed by atoms with Gasteiger partial charge in [0.05, 0.1) is 6.10 Å². The third kappa shape index (κ3) is 5.61. The van der Waals surface area contributed by atoms with Crippen molar-refractivity contribution < 1.29 is 32.7 Å². The van der Waals surface area contributed by atoms with Gasteiger partial charge in [-0.25, -0.2) is 0 Å². The maximum Gasteiger partial charge on any atom is 0.315 e. The van der Waals surface area contributed by atoms with E-state index in [0.29, 0.717) is 10.0 Å². The van der Waals surface area contributed by atoms with Gasteiger partial charge in [-0.05, 0) is 75.9 Å². The number of aromatic hydroxyl groups is 3. The molecule has 2 aliphatic rings. The van der Waals surface area contributed by atoms with Gasteiger partial charge in [-0.1, -0.05) is 70.5 Å². The van der Waals surface area contributed by atoms with Crippen LogP contribution in [0.4, 0.5) is 0 Å². The second-order valence-electron chi connectivity index (χ2n) is 9.97. The van der Waals surface area contributed by atoms with Gasteiger partial charge in [0.2, 0.25) is 0 Å². The zero-order chi connectivity index (χ0) is 28.7. The minimum Gasteiger partial charge on any atom is -0.508 e. The molecule has 6 rings (SSSR count). The number of fused-ring (bicyclic) bond motifs is 2. The Kier molecular flexibility index (Phi) is 7.11. The second-order valence-corrected chi connectivity index (χ2v) is 12.6. The van der Waals surface area contributed by atoms with E-state index in [-0.39, 0.29) is 29.4 Å². The lowest BCUT2D eigenvalue weighted by Crippen LogP contribution is -2.35. The van der Waals surface area contributed by atoms with Crippen LogP contribution in [0.5, 0.6) is 23.0 Å². The quantitative estimate of drug-likeness (QED) is 0.155. The van der Waals surface area contributed by atoms with Crippen molar-refractivity contribution in [2.75, 3.05) is 0 Å². The zero-order valence-electron chi connectivity index (χ0n) is 21.5. The van der Waals surface area contributed by atoms with Crippen LogP contribution in [0, 0.1) is 0 Å². The average molecular weight is 634 g/mol. The molecule has 0 aromatic heterocycles. The van der Waals surface area contributed by atoms with Gasteiger partial charge in [-0.15, -0.1) is 0 Å². The highest BCUT2D eigenvalue weighted by Gasteiger charge is 2.53. The Morgan fingerprint density at radius 1 is 0.756 bits per heavy atom. The average Bonchev–Trinajstić information content (AvgIpc) is 3.52. The molecule has 2 heterocycles. The molecule has 3 atom stereocenters. The fourth-order valence-corrected chi connectivity index (χ4v) is 7.18. The normalized spacial score (nSPS) is 20.2. The molecule has 41 heavy (non-hydrogen) atoms. The van der Waals surface area contributed by atoms with Gasteiger partial charge in [0.15, 0.2) is 0 Å². The molecule has 3 unspecified atom stereocenters. The number of ether oxygens (including phenoxy) is 1. The predicted octanol–water partition coefficient (Wildman–Crippen LogP) is 6.60. The number of benzene rings is 4. The second kappa shape index (κ2) is 10.7. The molecule has 208 valence electrons. The molecular weight excluding hydrogens is 608 g/mol. The number of phenolic OH excluding ortho intramolecular Hbond substituents is 3. The van der Waals surface area contributed by atoms with Crippen LogP contribution in [0.25, 0.3) is 23.3 Å². The first-order valence-electron chi connectivity index (χ1n) is 12.9. The molecule has 0 aliphatic carbocycles.